The fourth-order valence-electron chi connectivity index (χ4n) is 3.08. The van der Waals surface area contributed by atoms with Crippen molar-refractivity contribution in [2.75, 3.05) is 31.2 Å². The molecule has 1 saturated heterocycles. The third kappa shape index (κ3) is 3.93. The summed E-state index contributed by atoms with van der Waals surface area (Å²) >= 11 is 1.76. The van der Waals surface area contributed by atoms with E-state index in [0.717, 1.165) is 32.1 Å². The average Bonchev–Trinajstić information content (AvgIpc) is 3.41. The molecule has 9 heteroatoms. The maximum Gasteiger partial charge on any atom is 0.293 e. The largest absolute Gasteiger partial charge is 0.378 e. The van der Waals surface area contributed by atoms with Crippen LogP contribution in [0.2, 0.25) is 0 Å². The van der Waals surface area contributed by atoms with Crippen LogP contribution in [0, 0.1) is 10.1 Å². The Morgan fingerprint density at radius 3 is 2.52 bits per heavy atom. The van der Waals surface area contributed by atoms with E-state index >= 15 is 0 Å². The van der Waals surface area contributed by atoms with Crippen LogP contribution in [0.15, 0.2) is 23.1 Å². The minimum Gasteiger partial charge on any atom is -0.378 e. The van der Waals surface area contributed by atoms with Gasteiger partial charge in [-0.25, -0.2) is 8.42 Å². The molecule has 1 saturated carbocycles. The van der Waals surface area contributed by atoms with Crippen LogP contribution < -0.4 is 5.32 Å². The maximum atomic E-state index is 12.7. The second-order valence-corrected chi connectivity index (χ2v) is 9.85. The van der Waals surface area contributed by atoms with Crippen LogP contribution in [0.4, 0.5) is 11.4 Å². The predicted molar refractivity (Wildman–Crippen MR) is 99.7 cm³/mol. The van der Waals surface area contributed by atoms with Gasteiger partial charge in [0.2, 0.25) is 10.0 Å². The molecule has 2 aliphatic rings. The molecule has 25 heavy (non-hydrogen) atoms. The molecule has 1 N–H and O–H groups in total. The number of nitrogens with one attached hydrogen (secondary N) is 1. The molecular weight excluding hydrogens is 362 g/mol. The Hall–Kier alpha value is -1.32. The summed E-state index contributed by atoms with van der Waals surface area (Å²) in [6.45, 7) is 1.60. The quantitative estimate of drug-likeness (QED) is 0.573. The van der Waals surface area contributed by atoms with Crippen molar-refractivity contribution in [3.05, 3.63) is 28.3 Å². The van der Waals surface area contributed by atoms with Gasteiger partial charge in [0.1, 0.15) is 5.69 Å². The van der Waals surface area contributed by atoms with Gasteiger partial charge in [0, 0.05) is 30.4 Å². The highest BCUT2D eigenvalue weighted by Gasteiger charge is 2.42. The zero-order chi connectivity index (χ0) is 18.1. The van der Waals surface area contributed by atoms with Gasteiger partial charge in [-0.15, -0.1) is 0 Å². The fraction of sp³-hybridized carbons (Fsp3) is 0.625. The number of hydrogen-bond donors (Lipinski definition) is 1. The highest BCUT2D eigenvalue weighted by Crippen LogP contribution is 2.47. The van der Waals surface area contributed by atoms with Crippen LogP contribution in [0.3, 0.4) is 0 Å². The number of sulfonamides is 1. The SMILES string of the molecule is CSC1(CNc2ccc(S(=O)(=O)N3CCCCC3)cc2[N+](=O)[O-])CC1. The number of anilines is 1. The zero-order valence-electron chi connectivity index (χ0n) is 14.2. The van der Waals surface area contributed by atoms with E-state index in [-0.39, 0.29) is 15.3 Å². The first-order chi connectivity index (χ1) is 11.9. The van der Waals surface area contributed by atoms with E-state index in [4.69, 9.17) is 0 Å². The summed E-state index contributed by atoms with van der Waals surface area (Å²) in [5.74, 6) is 0. The number of hydrogen-bond acceptors (Lipinski definition) is 6. The lowest BCUT2D eigenvalue weighted by Crippen LogP contribution is -2.35. The van der Waals surface area contributed by atoms with Gasteiger partial charge in [0.15, 0.2) is 0 Å². The third-order valence-electron chi connectivity index (χ3n) is 4.96. The fourth-order valence-corrected chi connectivity index (χ4v) is 5.34. The summed E-state index contributed by atoms with van der Waals surface area (Å²) in [5, 5.41) is 14.6. The van der Waals surface area contributed by atoms with Crippen LogP contribution in [-0.2, 0) is 10.0 Å². The lowest BCUT2D eigenvalue weighted by Gasteiger charge is -2.26. The van der Waals surface area contributed by atoms with Gasteiger partial charge in [0.05, 0.1) is 9.82 Å². The first kappa shape index (κ1) is 18.5. The number of nitro benzene ring substituents is 1. The van der Waals surface area contributed by atoms with E-state index in [2.05, 4.69) is 5.32 Å². The summed E-state index contributed by atoms with van der Waals surface area (Å²) in [4.78, 5) is 10.9. The van der Waals surface area contributed by atoms with E-state index in [9.17, 15) is 18.5 Å². The van der Waals surface area contributed by atoms with Crippen LogP contribution >= 0.6 is 11.8 Å². The van der Waals surface area contributed by atoms with Gasteiger partial charge in [-0.3, -0.25) is 10.1 Å². The van der Waals surface area contributed by atoms with Crippen molar-refractivity contribution in [1.29, 1.82) is 0 Å². The predicted octanol–water partition coefficient (Wildman–Crippen LogP) is 3.08. The number of nitro groups is 1. The topological polar surface area (TPSA) is 92.6 Å². The van der Waals surface area contributed by atoms with E-state index < -0.39 is 14.9 Å². The Morgan fingerprint density at radius 2 is 1.96 bits per heavy atom. The Balaban J connectivity index is 1.84. The zero-order valence-corrected chi connectivity index (χ0v) is 15.9. The molecule has 1 heterocycles. The molecule has 0 unspecified atom stereocenters. The summed E-state index contributed by atoms with van der Waals surface area (Å²) in [7, 11) is -3.67. The van der Waals surface area contributed by atoms with Crippen molar-refractivity contribution in [2.24, 2.45) is 0 Å². The summed E-state index contributed by atoms with van der Waals surface area (Å²) < 4.78 is 27.0. The molecule has 3 rings (SSSR count). The van der Waals surface area contributed by atoms with Crippen molar-refractivity contribution < 1.29 is 13.3 Å². The Labute approximate surface area is 152 Å². The van der Waals surface area contributed by atoms with E-state index in [1.165, 1.54) is 22.5 Å². The lowest BCUT2D eigenvalue weighted by atomic mass is 10.2. The summed E-state index contributed by atoms with van der Waals surface area (Å²) in [5.41, 5.74) is 0.193. The number of rotatable bonds is 7. The number of nitrogens with zero attached hydrogens (tertiary/aromatic N) is 2. The van der Waals surface area contributed by atoms with E-state index in [0.29, 0.717) is 25.3 Å². The molecule has 1 aliphatic heterocycles. The maximum absolute atomic E-state index is 12.7. The first-order valence-electron chi connectivity index (χ1n) is 8.46. The highest BCUT2D eigenvalue weighted by molar-refractivity contribution is 8.00. The molecule has 0 bridgehead atoms. The van der Waals surface area contributed by atoms with Crippen molar-refractivity contribution in [3.63, 3.8) is 0 Å². The third-order valence-corrected chi connectivity index (χ3v) is 8.27. The van der Waals surface area contributed by atoms with Gasteiger partial charge in [-0.1, -0.05) is 6.42 Å². The van der Waals surface area contributed by atoms with Gasteiger partial charge in [-0.2, -0.15) is 16.1 Å². The molecule has 7 nitrogen and oxygen atoms in total. The second kappa shape index (κ2) is 7.13. The van der Waals surface area contributed by atoms with Crippen LogP contribution in [0.25, 0.3) is 0 Å². The minimum atomic E-state index is -3.67. The molecule has 1 aliphatic carbocycles. The molecule has 1 aromatic carbocycles. The smallest absolute Gasteiger partial charge is 0.293 e. The molecule has 0 aromatic heterocycles. The molecule has 1 aromatic rings. The van der Waals surface area contributed by atoms with E-state index in [1.807, 2.05) is 6.26 Å². The molecule has 138 valence electrons. The number of benzene rings is 1. The first-order valence-corrected chi connectivity index (χ1v) is 11.1. The van der Waals surface area contributed by atoms with Crippen LogP contribution in [0.1, 0.15) is 32.1 Å². The number of thioether (sulfide) groups is 1. The molecule has 2 fully saturated rings. The van der Waals surface area contributed by atoms with Gasteiger partial charge in [0.25, 0.3) is 5.69 Å². The van der Waals surface area contributed by atoms with Crippen molar-refractivity contribution in [1.82, 2.24) is 4.31 Å². The lowest BCUT2D eigenvalue weighted by molar-refractivity contribution is -0.384. The Bertz CT molecular complexity index is 757. The average molecular weight is 386 g/mol. The highest BCUT2D eigenvalue weighted by atomic mass is 32.2. The molecular formula is C16H23N3O4S2. The van der Waals surface area contributed by atoms with Crippen molar-refractivity contribution >= 4 is 33.2 Å². The second-order valence-electron chi connectivity index (χ2n) is 6.64. The minimum absolute atomic E-state index is 0.00217. The molecule has 0 atom stereocenters. The Kier molecular flexibility index (Phi) is 5.26. The van der Waals surface area contributed by atoms with E-state index in [1.54, 1.807) is 11.8 Å². The van der Waals surface area contributed by atoms with Crippen molar-refractivity contribution in [2.45, 2.75) is 41.7 Å². The summed E-state index contributed by atoms with van der Waals surface area (Å²) in [6.07, 6.45) is 6.91. The van der Waals surface area contributed by atoms with Gasteiger partial charge >= 0.3 is 0 Å². The van der Waals surface area contributed by atoms with Crippen LogP contribution in [-0.4, -0.2) is 48.3 Å². The van der Waals surface area contributed by atoms with Gasteiger partial charge < -0.3 is 5.32 Å². The molecule has 0 spiro atoms. The number of piperidine rings is 1. The summed E-state index contributed by atoms with van der Waals surface area (Å²) in [6, 6.07) is 4.17. The Morgan fingerprint density at radius 1 is 1.28 bits per heavy atom. The molecule has 0 radical (unpaired) electrons. The standard InChI is InChI=1S/C16H23N3O4S2/c1-24-16(7-8-16)12-17-14-6-5-13(11-15(14)19(20)21)25(22,23)18-9-3-2-4-10-18/h5-6,11,17H,2-4,7-10,12H2,1H3. The monoisotopic (exact) mass is 385 g/mol. The van der Waals surface area contributed by atoms with Crippen LogP contribution in [0.5, 0.6) is 0 Å². The molecule has 0 amide bonds. The normalized spacial score (nSPS) is 20.2. The van der Waals surface area contributed by atoms with Gasteiger partial charge in [-0.05, 0) is 44.1 Å². The van der Waals surface area contributed by atoms with Crippen molar-refractivity contribution in [3.8, 4) is 0 Å².